The van der Waals surface area contributed by atoms with Crippen LogP contribution in [-0.2, 0) is 4.79 Å². The highest BCUT2D eigenvalue weighted by atomic mass is 32.2. The number of hydrogen-bond acceptors (Lipinski definition) is 2. The third-order valence-corrected chi connectivity index (χ3v) is 2.29. The highest BCUT2D eigenvalue weighted by Gasteiger charge is 1.83. The Morgan fingerprint density at radius 1 is 1.31 bits per heavy atom. The zero-order valence-corrected chi connectivity index (χ0v) is 9.22. The van der Waals surface area contributed by atoms with E-state index in [-0.39, 0.29) is 0 Å². The molecule has 0 aliphatic carbocycles. The van der Waals surface area contributed by atoms with Crippen molar-refractivity contribution >= 4 is 18.0 Å². The molecule has 0 amide bonds. The number of carbonyl (C=O) groups excluding carboxylic acids is 1. The molecule has 1 nitrogen and oxygen atoms in total. The summed E-state index contributed by atoms with van der Waals surface area (Å²) < 4.78 is 0. The normalized spacial score (nSPS) is 11.9. The van der Waals surface area contributed by atoms with Crippen molar-refractivity contribution in [3.05, 3.63) is 24.3 Å². The molecule has 2 heteroatoms. The lowest BCUT2D eigenvalue weighted by molar-refractivity contribution is -0.107. The van der Waals surface area contributed by atoms with Crippen LogP contribution < -0.4 is 0 Å². The third-order valence-electron chi connectivity index (χ3n) is 1.34. The maximum absolute atomic E-state index is 9.97. The SMILES string of the molecule is CC(C)/C=C/C=C\CSCCC=O. The summed E-state index contributed by atoms with van der Waals surface area (Å²) in [6.45, 7) is 4.31. The predicted molar refractivity (Wildman–Crippen MR) is 61.1 cm³/mol. The molecule has 0 heterocycles. The fourth-order valence-electron chi connectivity index (χ4n) is 0.703. The van der Waals surface area contributed by atoms with Gasteiger partial charge >= 0.3 is 0 Å². The number of rotatable bonds is 7. The monoisotopic (exact) mass is 198 g/mol. The molecule has 0 spiro atoms. The Labute approximate surface area is 85.3 Å². The maximum Gasteiger partial charge on any atom is 0.120 e. The minimum absolute atomic E-state index is 0.618. The summed E-state index contributed by atoms with van der Waals surface area (Å²) in [5.74, 6) is 2.55. The molecule has 0 aliphatic heterocycles. The third kappa shape index (κ3) is 11.5. The summed E-state index contributed by atoms with van der Waals surface area (Å²) in [6.07, 6.45) is 10.1. The van der Waals surface area contributed by atoms with Crippen LogP contribution in [0.25, 0.3) is 0 Å². The topological polar surface area (TPSA) is 17.1 Å². The zero-order chi connectivity index (χ0) is 9.94. The smallest absolute Gasteiger partial charge is 0.120 e. The Balaban J connectivity index is 3.26. The van der Waals surface area contributed by atoms with Crippen molar-refractivity contribution in [1.29, 1.82) is 0 Å². The molecule has 0 atom stereocenters. The predicted octanol–water partition coefficient (Wildman–Crippen LogP) is 3.08. The van der Waals surface area contributed by atoms with Gasteiger partial charge in [-0.1, -0.05) is 38.2 Å². The lowest BCUT2D eigenvalue weighted by atomic mass is 10.2. The van der Waals surface area contributed by atoms with Gasteiger partial charge in [0.25, 0.3) is 0 Å². The van der Waals surface area contributed by atoms with E-state index >= 15 is 0 Å². The largest absolute Gasteiger partial charge is 0.303 e. The van der Waals surface area contributed by atoms with Gasteiger partial charge < -0.3 is 4.79 Å². The lowest BCUT2D eigenvalue weighted by Crippen LogP contribution is -1.80. The van der Waals surface area contributed by atoms with Crippen LogP contribution in [0.2, 0.25) is 0 Å². The molecule has 0 radical (unpaired) electrons. The summed E-state index contributed by atoms with van der Waals surface area (Å²) in [7, 11) is 0. The Hall–Kier alpha value is -0.500. The summed E-state index contributed by atoms with van der Waals surface area (Å²) in [5.41, 5.74) is 0. The second-order valence-corrected chi connectivity index (χ2v) is 4.24. The van der Waals surface area contributed by atoms with Crippen LogP contribution in [0.4, 0.5) is 0 Å². The average Bonchev–Trinajstić information content (AvgIpc) is 2.09. The van der Waals surface area contributed by atoms with E-state index in [1.165, 1.54) is 0 Å². The lowest BCUT2D eigenvalue weighted by Gasteiger charge is -1.91. The molecule has 0 saturated heterocycles. The molecule has 0 aromatic carbocycles. The van der Waals surface area contributed by atoms with Crippen molar-refractivity contribution in [2.45, 2.75) is 20.3 Å². The van der Waals surface area contributed by atoms with Gasteiger partial charge in [-0.05, 0) is 5.92 Å². The van der Waals surface area contributed by atoms with Gasteiger partial charge in [0.05, 0.1) is 0 Å². The van der Waals surface area contributed by atoms with Gasteiger partial charge in [0.2, 0.25) is 0 Å². The van der Waals surface area contributed by atoms with Crippen LogP contribution in [0.3, 0.4) is 0 Å². The first-order valence-corrected chi connectivity index (χ1v) is 5.77. The molecule has 0 rings (SSSR count). The van der Waals surface area contributed by atoms with Gasteiger partial charge in [-0.3, -0.25) is 0 Å². The van der Waals surface area contributed by atoms with E-state index in [1.807, 2.05) is 0 Å². The maximum atomic E-state index is 9.97. The number of allylic oxidation sites excluding steroid dienone is 3. The number of aldehydes is 1. The molecule has 0 aliphatic rings. The highest BCUT2D eigenvalue weighted by Crippen LogP contribution is 2.01. The van der Waals surface area contributed by atoms with Crippen LogP contribution in [0.5, 0.6) is 0 Å². The zero-order valence-electron chi connectivity index (χ0n) is 8.40. The van der Waals surface area contributed by atoms with Gasteiger partial charge in [0.15, 0.2) is 0 Å². The molecule has 13 heavy (non-hydrogen) atoms. The molecular weight excluding hydrogens is 180 g/mol. The first-order valence-electron chi connectivity index (χ1n) is 4.62. The van der Waals surface area contributed by atoms with Crippen LogP contribution in [0.1, 0.15) is 20.3 Å². The fraction of sp³-hybridized carbons (Fsp3) is 0.545. The average molecular weight is 198 g/mol. The first-order chi connectivity index (χ1) is 6.27. The molecule has 0 N–H and O–H groups in total. The minimum Gasteiger partial charge on any atom is -0.303 e. The number of carbonyl (C=O) groups is 1. The Morgan fingerprint density at radius 3 is 2.69 bits per heavy atom. The van der Waals surface area contributed by atoms with Crippen LogP contribution in [0.15, 0.2) is 24.3 Å². The first kappa shape index (κ1) is 12.5. The molecular formula is C11H18OS. The van der Waals surface area contributed by atoms with E-state index < -0.39 is 0 Å². The number of hydrogen-bond donors (Lipinski definition) is 0. The summed E-state index contributed by atoms with van der Waals surface area (Å²) in [4.78, 5) is 9.97. The standard InChI is InChI=1S/C11H18OS/c1-11(2)7-4-3-5-9-13-10-6-8-12/h3-5,7-8,11H,6,9-10H2,1-2H3/b5-3-,7-4+. The van der Waals surface area contributed by atoms with Crippen molar-refractivity contribution in [2.75, 3.05) is 11.5 Å². The van der Waals surface area contributed by atoms with Gasteiger partial charge in [-0.25, -0.2) is 0 Å². The minimum atomic E-state index is 0.618. The molecule has 74 valence electrons. The quantitative estimate of drug-likeness (QED) is 0.355. The van der Waals surface area contributed by atoms with E-state index in [0.717, 1.165) is 17.8 Å². The van der Waals surface area contributed by atoms with Crippen LogP contribution in [-0.4, -0.2) is 17.8 Å². The summed E-state index contributed by atoms with van der Waals surface area (Å²) in [5, 5.41) is 0. The van der Waals surface area contributed by atoms with Crippen LogP contribution in [0, 0.1) is 5.92 Å². The molecule has 0 fully saturated rings. The van der Waals surface area contributed by atoms with E-state index in [0.29, 0.717) is 12.3 Å². The Morgan fingerprint density at radius 2 is 2.08 bits per heavy atom. The van der Waals surface area contributed by atoms with Crippen molar-refractivity contribution in [3.8, 4) is 0 Å². The molecule has 0 saturated carbocycles. The summed E-state index contributed by atoms with van der Waals surface area (Å²) in [6, 6.07) is 0. The van der Waals surface area contributed by atoms with E-state index in [2.05, 4.69) is 38.2 Å². The second kappa shape index (κ2) is 9.59. The van der Waals surface area contributed by atoms with Gasteiger partial charge in [0, 0.05) is 17.9 Å². The van der Waals surface area contributed by atoms with Crippen molar-refractivity contribution in [2.24, 2.45) is 5.92 Å². The fourth-order valence-corrected chi connectivity index (χ4v) is 1.38. The highest BCUT2D eigenvalue weighted by molar-refractivity contribution is 7.99. The molecule has 0 aromatic rings. The van der Waals surface area contributed by atoms with Crippen molar-refractivity contribution in [3.63, 3.8) is 0 Å². The van der Waals surface area contributed by atoms with Gasteiger partial charge in [0.1, 0.15) is 6.29 Å². The van der Waals surface area contributed by atoms with E-state index in [9.17, 15) is 4.79 Å². The van der Waals surface area contributed by atoms with Crippen molar-refractivity contribution in [1.82, 2.24) is 0 Å². The Bertz CT molecular complexity index is 171. The number of thioether (sulfide) groups is 1. The van der Waals surface area contributed by atoms with Crippen molar-refractivity contribution < 1.29 is 4.79 Å². The molecule has 0 aromatic heterocycles. The van der Waals surface area contributed by atoms with E-state index in [1.54, 1.807) is 11.8 Å². The van der Waals surface area contributed by atoms with Gasteiger partial charge in [-0.15, -0.1) is 0 Å². The summed E-state index contributed by atoms with van der Waals surface area (Å²) >= 11 is 1.78. The van der Waals surface area contributed by atoms with Crippen LogP contribution >= 0.6 is 11.8 Å². The van der Waals surface area contributed by atoms with E-state index in [4.69, 9.17) is 0 Å². The van der Waals surface area contributed by atoms with Gasteiger partial charge in [-0.2, -0.15) is 11.8 Å². The molecule has 0 bridgehead atoms. The molecule has 0 unspecified atom stereocenters. The Kier molecular flexibility index (Phi) is 9.22. The second-order valence-electron chi connectivity index (χ2n) is 3.09.